The molecule has 0 aliphatic carbocycles. The first-order valence-electron chi connectivity index (χ1n) is 7.25. The summed E-state index contributed by atoms with van der Waals surface area (Å²) in [5.74, 6) is -0.00583. The summed E-state index contributed by atoms with van der Waals surface area (Å²) in [5.41, 5.74) is 4.09. The van der Waals surface area contributed by atoms with Gasteiger partial charge >= 0.3 is 0 Å². The summed E-state index contributed by atoms with van der Waals surface area (Å²) in [5, 5.41) is 7.55. The number of carbonyl (C=O) groups is 1. The van der Waals surface area contributed by atoms with Crippen molar-refractivity contribution in [1.29, 1.82) is 0 Å². The molecule has 1 fully saturated rings. The molecule has 3 N–H and O–H groups in total. The molecule has 1 saturated heterocycles. The maximum absolute atomic E-state index is 12.3. The molecule has 1 aromatic carbocycles. The van der Waals surface area contributed by atoms with Crippen LogP contribution < -0.4 is 10.6 Å². The second kappa shape index (κ2) is 5.29. The molecule has 3 rings (SSSR count). The Bertz CT molecular complexity index is 599. The van der Waals surface area contributed by atoms with Gasteiger partial charge in [-0.2, -0.15) is 0 Å². The van der Waals surface area contributed by atoms with E-state index < -0.39 is 0 Å². The van der Waals surface area contributed by atoms with Crippen LogP contribution >= 0.6 is 0 Å². The highest BCUT2D eigenvalue weighted by molar-refractivity contribution is 5.99. The molecule has 2 heterocycles. The number of benzene rings is 1. The number of aryl methyl sites for hydroxylation is 2. The highest BCUT2D eigenvalue weighted by Gasteiger charge is 2.18. The van der Waals surface area contributed by atoms with Gasteiger partial charge in [0.2, 0.25) is 0 Å². The van der Waals surface area contributed by atoms with E-state index in [9.17, 15) is 4.79 Å². The van der Waals surface area contributed by atoms with Gasteiger partial charge in [-0.25, -0.2) is 0 Å². The summed E-state index contributed by atoms with van der Waals surface area (Å²) in [6.07, 6.45) is 2.17. The first-order valence-corrected chi connectivity index (χ1v) is 7.25. The van der Waals surface area contributed by atoms with Crippen LogP contribution in [0.25, 0.3) is 10.9 Å². The Morgan fingerprint density at radius 2 is 2.10 bits per heavy atom. The van der Waals surface area contributed by atoms with E-state index in [1.165, 1.54) is 11.1 Å². The predicted octanol–water partition coefficient (Wildman–Crippen LogP) is 2.27. The fourth-order valence-corrected chi connectivity index (χ4v) is 2.86. The van der Waals surface area contributed by atoms with Gasteiger partial charge in [-0.05, 0) is 50.4 Å². The number of piperidine rings is 1. The average molecular weight is 271 g/mol. The van der Waals surface area contributed by atoms with Gasteiger partial charge in [0.15, 0.2) is 0 Å². The number of carbonyl (C=O) groups excluding carboxylic acids is 1. The van der Waals surface area contributed by atoms with E-state index in [0.29, 0.717) is 5.69 Å². The standard InChI is InChI=1S/C16H21N3O/c1-10-5-6-11(2)15-13(10)8-14(19-15)16(20)18-12-4-3-7-17-9-12/h5-6,8,12,17,19H,3-4,7,9H2,1-2H3,(H,18,20). The lowest BCUT2D eigenvalue weighted by atomic mass is 10.1. The maximum atomic E-state index is 12.3. The lowest BCUT2D eigenvalue weighted by Crippen LogP contribution is -2.45. The third kappa shape index (κ3) is 2.43. The minimum atomic E-state index is -0.00583. The molecule has 1 unspecified atom stereocenters. The molecule has 106 valence electrons. The van der Waals surface area contributed by atoms with Gasteiger partial charge < -0.3 is 15.6 Å². The van der Waals surface area contributed by atoms with E-state index >= 15 is 0 Å². The normalized spacial score (nSPS) is 19.2. The Morgan fingerprint density at radius 3 is 2.80 bits per heavy atom. The zero-order chi connectivity index (χ0) is 14.1. The molecule has 2 aromatic rings. The van der Waals surface area contributed by atoms with Crippen molar-refractivity contribution >= 4 is 16.8 Å². The molecule has 0 saturated carbocycles. The van der Waals surface area contributed by atoms with Crippen molar-refractivity contribution in [3.8, 4) is 0 Å². The zero-order valence-corrected chi connectivity index (χ0v) is 12.0. The van der Waals surface area contributed by atoms with Crippen LogP contribution in [0.5, 0.6) is 0 Å². The molecule has 1 atom stereocenters. The highest BCUT2D eigenvalue weighted by atomic mass is 16.1. The van der Waals surface area contributed by atoms with E-state index in [1.54, 1.807) is 0 Å². The summed E-state index contributed by atoms with van der Waals surface area (Å²) in [7, 11) is 0. The lowest BCUT2D eigenvalue weighted by molar-refractivity contribution is 0.0926. The number of aromatic amines is 1. The molecule has 1 amide bonds. The smallest absolute Gasteiger partial charge is 0.267 e. The third-order valence-corrected chi connectivity index (χ3v) is 4.10. The van der Waals surface area contributed by atoms with Gasteiger partial charge in [-0.1, -0.05) is 12.1 Å². The molecule has 1 aliphatic heterocycles. The fourth-order valence-electron chi connectivity index (χ4n) is 2.86. The molecular formula is C16H21N3O. The Morgan fingerprint density at radius 1 is 1.30 bits per heavy atom. The van der Waals surface area contributed by atoms with Crippen LogP contribution in [-0.4, -0.2) is 30.0 Å². The topological polar surface area (TPSA) is 56.9 Å². The Labute approximate surface area is 118 Å². The molecular weight excluding hydrogens is 250 g/mol. The average Bonchev–Trinajstić information content (AvgIpc) is 2.91. The summed E-state index contributed by atoms with van der Waals surface area (Å²) in [6.45, 7) is 6.05. The van der Waals surface area contributed by atoms with E-state index in [0.717, 1.165) is 36.8 Å². The largest absolute Gasteiger partial charge is 0.350 e. The van der Waals surface area contributed by atoms with Crippen molar-refractivity contribution < 1.29 is 4.79 Å². The minimum absolute atomic E-state index is 0.00583. The molecule has 1 aliphatic rings. The third-order valence-electron chi connectivity index (χ3n) is 4.10. The summed E-state index contributed by atoms with van der Waals surface area (Å²) in [4.78, 5) is 15.6. The molecule has 4 heteroatoms. The number of nitrogens with one attached hydrogen (secondary N) is 3. The Kier molecular flexibility index (Phi) is 3.49. The molecule has 20 heavy (non-hydrogen) atoms. The predicted molar refractivity (Wildman–Crippen MR) is 81.1 cm³/mol. The van der Waals surface area contributed by atoms with Crippen LogP contribution in [0.1, 0.15) is 34.5 Å². The van der Waals surface area contributed by atoms with Gasteiger partial charge in [-0.3, -0.25) is 4.79 Å². The number of amides is 1. The summed E-state index contributed by atoms with van der Waals surface area (Å²) in [6, 6.07) is 6.38. The second-order valence-electron chi connectivity index (χ2n) is 5.69. The molecule has 0 spiro atoms. The van der Waals surface area contributed by atoms with Crippen LogP contribution in [0.15, 0.2) is 18.2 Å². The first-order chi connectivity index (χ1) is 9.65. The molecule has 4 nitrogen and oxygen atoms in total. The van der Waals surface area contributed by atoms with Crippen LogP contribution in [-0.2, 0) is 0 Å². The number of H-pyrrole nitrogens is 1. The number of fused-ring (bicyclic) bond motifs is 1. The van der Waals surface area contributed by atoms with Crippen LogP contribution in [0, 0.1) is 13.8 Å². The number of aromatic nitrogens is 1. The van der Waals surface area contributed by atoms with Gasteiger partial charge in [-0.15, -0.1) is 0 Å². The second-order valence-corrected chi connectivity index (χ2v) is 5.69. The van der Waals surface area contributed by atoms with Gasteiger partial charge in [0, 0.05) is 23.5 Å². The van der Waals surface area contributed by atoms with Crippen molar-refractivity contribution in [1.82, 2.24) is 15.6 Å². The van der Waals surface area contributed by atoms with Crippen molar-refractivity contribution in [2.75, 3.05) is 13.1 Å². The van der Waals surface area contributed by atoms with Crippen molar-refractivity contribution in [2.24, 2.45) is 0 Å². The fraction of sp³-hybridized carbons (Fsp3) is 0.438. The molecule has 0 bridgehead atoms. The van der Waals surface area contributed by atoms with Crippen molar-refractivity contribution in [3.05, 3.63) is 35.0 Å². The SMILES string of the molecule is Cc1ccc(C)c2[nH]c(C(=O)NC3CCCNC3)cc12. The number of hydrogen-bond donors (Lipinski definition) is 3. The van der Waals surface area contributed by atoms with E-state index in [-0.39, 0.29) is 11.9 Å². The molecule has 0 radical (unpaired) electrons. The summed E-state index contributed by atoms with van der Waals surface area (Å²) < 4.78 is 0. The highest BCUT2D eigenvalue weighted by Crippen LogP contribution is 2.22. The van der Waals surface area contributed by atoms with Gasteiger partial charge in [0.1, 0.15) is 5.69 Å². The van der Waals surface area contributed by atoms with E-state index in [4.69, 9.17) is 0 Å². The van der Waals surface area contributed by atoms with Gasteiger partial charge in [0.25, 0.3) is 5.91 Å². The quantitative estimate of drug-likeness (QED) is 0.785. The maximum Gasteiger partial charge on any atom is 0.267 e. The Hall–Kier alpha value is -1.81. The van der Waals surface area contributed by atoms with E-state index in [1.807, 2.05) is 6.07 Å². The molecule has 1 aromatic heterocycles. The van der Waals surface area contributed by atoms with Crippen molar-refractivity contribution in [3.63, 3.8) is 0 Å². The monoisotopic (exact) mass is 271 g/mol. The number of rotatable bonds is 2. The lowest BCUT2D eigenvalue weighted by Gasteiger charge is -2.23. The van der Waals surface area contributed by atoms with Crippen molar-refractivity contribution in [2.45, 2.75) is 32.7 Å². The van der Waals surface area contributed by atoms with E-state index in [2.05, 4.69) is 41.6 Å². The zero-order valence-electron chi connectivity index (χ0n) is 12.0. The minimum Gasteiger partial charge on any atom is -0.350 e. The first kappa shape index (κ1) is 13.2. The van der Waals surface area contributed by atoms with Crippen LogP contribution in [0.4, 0.5) is 0 Å². The number of hydrogen-bond acceptors (Lipinski definition) is 2. The summed E-state index contributed by atoms with van der Waals surface area (Å²) >= 11 is 0. The Balaban J connectivity index is 1.84. The van der Waals surface area contributed by atoms with Crippen LogP contribution in [0.3, 0.4) is 0 Å². The van der Waals surface area contributed by atoms with Crippen LogP contribution in [0.2, 0.25) is 0 Å². The van der Waals surface area contributed by atoms with Gasteiger partial charge in [0.05, 0.1) is 0 Å².